The van der Waals surface area contributed by atoms with E-state index in [0.717, 1.165) is 36.5 Å². The molecule has 2 N–H and O–H groups in total. The summed E-state index contributed by atoms with van der Waals surface area (Å²) >= 11 is 1.64. The van der Waals surface area contributed by atoms with Crippen LogP contribution in [0.15, 0.2) is 29.2 Å². The van der Waals surface area contributed by atoms with E-state index in [1.807, 2.05) is 30.5 Å². The Balaban J connectivity index is 0.00000280. The first-order valence-corrected chi connectivity index (χ1v) is 10.7. The number of halogens is 1. The molecule has 2 heterocycles. The summed E-state index contributed by atoms with van der Waals surface area (Å²) in [6.07, 6.45) is 4.25. The Bertz CT molecular complexity index is 677. The van der Waals surface area contributed by atoms with Gasteiger partial charge in [0.15, 0.2) is 0 Å². The average molecular weight is 428 g/mol. The van der Waals surface area contributed by atoms with Gasteiger partial charge < -0.3 is 20.3 Å². The smallest absolute Gasteiger partial charge is 0.227 e. The fourth-order valence-electron chi connectivity index (χ4n) is 3.97. The molecule has 2 aliphatic heterocycles. The van der Waals surface area contributed by atoms with Crippen LogP contribution >= 0.6 is 24.2 Å². The molecule has 1 aromatic rings. The lowest BCUT2D eigenvalue weighted by Crippen LogP contribution is -2.48. The minimum Gasteiger partial charge on any atom is -0.384 e. The zero-order valence-electron chi connectivity index (χ0n) is 16.5. The first-order valence-electron chi connectivity index (χ1n) is 9.49. The van der Waals surface area contributed by atoms with Gasteiger partial charge in [0.05, 0.1) is 12.5 Å². The first-order chi connectivity index (χ1) is 13.1. The average Bonchev–Trinajstić information content (AvgIpc) is 3.09. The standard InChI is InChI=1S/C20H29N3O3S.ClH/c1-26-14-20(6-8-21-9-7-20)13-22-19(25)15-10-18(24)23(12-15)16-4-3-5-17(11-16)27-2;/h3-5,11,15,21H,6-10,12-14H2,1-2H3,(H,22,25);1H. The maximum Gasteiger partial charge on any atom is 0.227 e. The molecule has 3 rings (SSSR count). The third kappa shape index (κ3) is 5.41. The fraction of sp³-hybridized carbons (Fsp3) is 0.600. The van der Waals surface area contributed by atoms with E-state index in [4.69, 9.17) is 4.74 Å². The van der Waals surface area contributed by atoms with Crippen LogP contribution in [0, 0.1) is 11.3 Å². The number of ether oxygens (including phenoxy) is 1. The summed E-state index contributed by atoms with van der Waals surface area (Å²) in [5.74, 6) is -0.306. The van der Waals surface area contributed by atoms with Gasteiger partial charge in [0.25, 0.3) is 0 Å². The Morgan fingerprint density at radius 3 is 2.82 bits per heavy atom. The van der Waals surface area contributed by atoms with E-state index < -0.39 is 0 Å². The number of hydrogen-bond acceptors (Lipinski definition) is 5. The molecular formula is C20H30ClN3O3S. The number of carbonyl (C=O) groups is 2. The van der Waals surface area contributed by atoms with Gasteiger partial charge in [0, 0.05) is 42.6 Å². The number of thioether (sulfide) groups is 1. The summed E-state index contributed by atoms with van der Waals surface area (Å²) < 4.78 is 5.41. The molecule has 1 aromatic carbocycles. The van der Waals surface area contributed by atoms with Gasteiger partial charge in [-0.2, -0.15) is 0 Å². The Morgan fingerprint density at radius 1 is 1.39 bits per heavy atom. The van der Waals surface area contributed by atoms with Crippen LogP contribution in [-0.4, -0.2) is 58.0 Å². The summed E-state index contributed by atoms with van der Waals surface area (Å²) in [6, 6.07) is 7.91. The van der Waals surface area contributed by atoms with Crippen molar-refractivity contribution in [3.8, 4) is 0 Å². The van der Waals surface area contributed by atoms with Crippen molar-refractivity contribution in [3.05, 3.63) is 24.3 Å². The molecule has 1 atom stereocenters. The van der Waals surface area contributed by atoms with Crippen molar-refractivity contribution in [2.45, 2.75) is 24.2 Å². The van der Waals surface area contributed by atoms with Crippen LogP contribution in [0.2, 0.25) is 0 Å². The van der Waals surface area contributed by atoms with Crippen LogP contribution < -0.4 is 15.5 Å². The zero-order chi connectivity index (χ0) is 19.3. The quantitative estimate of drug-likeness (QED) is 0.653. The van der Waals surface area contributed by atoms with Gasteiger partial charge in [-0.15, -0.1) is 24.2 Å². The number of benzene rings is 1. The molecule has 0 radical (unpaired) electrons. The van der Waals surface area contributed by atoms with Crippen molar-refractivity contribution < 1.29 is 14.3 Å². The van der Waals surface area contributed by atoms with Crippen LogP contribution in [0.4, 0.5) is 5.69 Å². The van der Waals surface area contributed by atoms with Gasteiger partial charge in [0.1, 0.15) is 0 Å². The molecule has 8 heteroatoms. The lowest BCUT2D eigenvalue weighted by molar-refractivity contribution is -0.127. The molecule has 1 unspecified atom stereocenters. The van der Waals surface area contributed by atoms with E-state index in [-0.39, 0.29) is 42.0 Å². The predicted molar refractivity (Wildman–Crippen MR) is 115 cm³/mol. The Labute approximate surface area is 177 Å². The Kier molecular flexibility index (Phi) is 8.61. The minimum atomic E-state index is -0.295. The number of nitrogens with zero attached hydrogens (tertiary/aromatic N) is 1. The second-order valence-corrected chi connectivity index (χ2v) is 8.39. The number of methoxy groups -OCH3 is 1. The lowest BCUT2D eigenvalue weighted by atomic mass is 9.79. The van der Waals surface area contributed by atoms with Crippen LogP contribution in [0.25, 0.3) is 0 Å². The summed E-state index contributed by atoms with van der Waals surface area (Å²) in [6.45, 7) is 3.59. The highest BCUT2D eigenvalue weighted by atomic mass is 35.5. The maximum atomic E-state index is 12.7. The van der Waals surface area contributed by atoms with E-state index in [2.05, 4.69) is 10.6 Å². The summed E-state index contributed by atoms with van der Waals surface area (Å²) in [5.41, 5.74) is 0.862. The molecule has 0 bridgehead atoms. The molecule has 2 aliphatic rings. The minimum absolute atomic E-state index is 0. The number of rotatable bonds is 7. The molecule has 156 valence electrons. The van der Waals surface area contributed by atoms with Gasteiger partial charge in [-0.3, -0.25) is 9.59 Å². The number of hydrogen-bond donors (Lipinski definition) is 2. The summed E-state index contributed by atoms with van der Waals surface area (Å²) in [7, 11) is 1.71. The predicted octanol–water partition coefficient (Wildman–Crippen LogP) is 2.32. The summed E-state index contributed by atoms with van der Waals surface area (Å²) in [4.78, 5) is 28.0. The van der Waals surface area contributed by atoms with Crippen molar-refractivity contribution in [3.63, 3.8) is 0 Å². The van der Waals surface area contributed by atoms with Crippen LogP contribution in [0.3, 0.4) is 0 Å². The largest absolute Gasteiger partial charge is 0.384 e. The molecule has 2 saturated heterocycles. The van der Waals surface area contributed by atoms with E-state index in [9.17, 15) is 9.59 Å². The number of carbonyl (C=O) groups excluding carboxylic acids is 2. The molecule has 0 aromatic heterocycles. The van der Waals surface area contributed by atoms with E-state index in [1.165, 1.54) is 0 Å². The van der Waals surface area contributed by atoms with Crippen LogP contribution in [0.5, 0.6) is 0 Å². The van der Waals surface area contributed by atoms with Crippen LogP contribution in [0.1, 0.15) is 19.3 Å². The number of amides is 2. The normalized spacial score (nSPS) is 21.3. The molecule has 28 heavy (non-hydrogen) atoms. The molecule has 2 fully saturated rings. The molecule has 0 spiro atoms. The second kappa shape index (κ2) is 10.5. The number of piperidine rings is 1. The highest BCUT2D eigenvalue weighted by molar-refractivity contribution is 7.98. The van der Waals surface area contributed by atoms with Crippen molar-refractivity contribution in [1.82, 2.24) is 10.6 Å². The SMILES string of the molecule is COCC1(CNC(=O)C2CC(=O)N(c3cccc(SC)c3)C2)CCNCC1.Cl. The maximum absolute atomic E-state index is 12.7. The van der Waals surface area contributed by atoms with Crippen molar-refractivity contribution in [1.29, 1.82) is 0 Å². The van der Waals surface area contributed by atoms with Crippen molar-refractivity contribution in [2.75, 3.05) is 51.1 Å². The molecule has 6 nitrogen and oxygen atoms in total. The molecule has 0 aliphatic carbocycles. The van der Waals surface area contributed by atoms with E-state index in [0.29, 0.717) is 19.7 Å². The molecule has 0 saturated carbocycles. The van der Waals surface area contributed by atoms with Gasteiger partial charge in [0.2, 0.25) is 11.8 Å². The van der Waals surface area contributed by atoms with Gasteiger partial charge >= 0.3 is 0 Å². The summed E-state index contributed by atoms with van der Waals surface area (Å²) in [5, 5.41) is 6.46. The molecular weight excluding hydrogens is 398 g/mol. The Morgan fingerprint density at radius 2 is 2.14 bits per heavy atom. The highest BCUT2D eigenvalue weighted by Crippen LogP contribution is 2.30. The van der Waals surface area contributed by atoms with Gasteiger partial charge in [-0.05, 0) is 50.4 Å². The second-order valence-electron chi connectivity index (χ2n) is 7.51. The van der Waals surface area contributed by atoms with Gasteiger partial charge in [-0.25, -0.2) is 0 Å². The Hall–Kier alpha value is -1.28. The number of anilines is 1. The third-order valence-electron chi connectivity index (χ3n) is 5.61. The van der Waals surface area contributed by atoms with E-state index in [1.54, 1.807) is 23.8 Å². The van der Waals surface area contributed by atoms with Crippen LogP contribution in [-0.2, 0) is 14.3 Å². The zero-order valence-corrected chi connectivity index (χ0v) is 18.2. The van der Waals surface area contributed by atoms with Crippen molar-refractivity contribution in [2.24, 2.45) is 11.3 Å². The molecule has 2 amide bonds. The van der Waals surface area contributed by atoms with Crippen molar-refractivity contribution >= 4 is 41.7 Å². The topological polar surface area (TPSA) is 70.7 Å². The monoisotopic (exact) mass is 427 g/mol. The highest BCUT2D eigenvalue weighted by Gasteiger charge is 2.37. The van der Waals surface area contributed by atoms with Gasteiger partial charge in [-0.1, -0.05) is 6.07 Å². The number of nitrogens with one attached hydrogen (secondary N) is 2. The third-order valence-corrected chi connectivity index (χ3v) is 6.34. The van der Waals surface area contributed by atoms with E-state index >= 15 is 0 Å². The first kappa shape index (κ1) is 23.0. The lowest BCUT2D eigenvalue weighted by Gasteiger charge is -2.37. The fourth-order valence-corrected chi connectivity index (χ4v) is 4.42.